The second-order valence-electron chi connectivity index (χ2n) is 7.95. The van der Waals surface area contributed by atoms with E-state index in [0.29, 0.717) is 12.1 Å². The highest BCUT2D eigenvalue weighted by Gasteiger charge is 2.42. The van der Waals surface area contributed by atoms with Gasteiger partial charge in [-0.25, -0.2) is 0 Å². The van der Waals surface area contributed by atoms with Crippen LogP contribution in [0.4, 0.5) is 0 Å². The largest absolute Gasteiger partial charge is 0.393 e. The van der Waals surface area contributed by atoms with E-state index in [2.05, 4.69) is 24.1 Å². The number of hydrogen-bond acceptors (Lipinski definition) is 3. The van der Waals surface area contributed by atoms with Gasteiger partial charge in [0.15, 0.2) is 0 Å². The van der Waals surface area contributed by atoms with Gasteiger partial charge in [-0.05, 0) is 69.7 Å². The Morgan fingerprint density at radius 3 is 2.43 bits per heavy atom. The lowest BCUT2D eigenvalue weighted by molar-refractivity contribution is 0.0167. The van der Waals surface area contributed by atoms with E-state index >= 15 is 0 Å². The second-order valence-corrected chi connectivity index (χ2v) is 7.95. The van der Waals surface area contributed by atoms with Gasteiger partial charge >= 0.3 is 0 Å². The fourth-order valence-corrected chi connectivity index (χ4v) is 5.11. The lowest BCUT2D eigenvalue weighted by atomic mass is 9.78. The van der Waals surface area contributed by atoms with Gasteiger partial charge in [0.2, 0.25) is 0 Å². The molecule has 0 radical (unpaired) electrons. The summed E-state index contributed by atoms with van der Waals surface area (Å²) in [5.41, 5.74) is 0. The summed E-state index contributed by atoms with van der Waals surface area (Å²) in [6.07, 6.45) is 10.0. The van der Waals surface area contributed by atoms with Crippen molar-refractivity contribution in [3.63, 3.8) is 0 Å². The quantitative estimate of drug-likeness (QED) is 0.818. The van der Waals surface area contributed by atoms with Crippen molar-refractivity contribution in [2.24, 2.45) is 11.8 Å². The minimum atomic E-state index is -0.0296. The molecule has 2 N–H and O–H groups in total. The summed E-state index contributed by atoms with van der Waals surface area (Å²) in [5.74, 6) is 1.71. The Bertz CT molecular complexity index is 319. The molecule has 122 valence electrons. The first kappa shape index (κ1) is 15.8. The summed E-state index contributed by atoms with van der Waals surface area (Å²) in [4.78, 5) is 2.77. The van der Waals surface area contributed by atoms with Crippen molar-refractivity contribution < 1.29 is 5.11 Å². The smallest absolute Gasteiger partial charge is 0.0570 e. The summed E-state index contributed by atoms with van der Waals surface area (Å²) in [7, 11) is 0. The van der Waals surface area contributed by atoms with Crippen molar-refractivity contribution in [1.82, 2.24) is 10.2 Å². The first-order valence-corrected chi connectivity index (χ1v) is 9.34. The molecule has 0 aromatic heterocycles. The Kier molecular flexibility index (Phi) is 5.23. The molecule has 0 aromatic rings. The van der Waals surface area contributed by atoms with Gasteiger partial charge in [0.05, 0.1) is 6.10 Å². The molecule has 3 nitrogen and oxygen atoms in total. The van der Waals surface area contributed by atoms with Crippen molar-refractivity contribution in [2.45, 2.75) is 89.4 Å². The average Bonchev–Trinajstić information content (AvgIpc) is 2.69. The number of piperidine rings is 1. The van der Waals surface area contributed by atoms with Crippen LogP contribution in [0.2, 0.25) is 0 Å². The Balaban J connectivity index is 1.61. The third kappa shape index (κ3) is 3.62. The van der Waals surface area contributed by atoms with Crippen LogP contribution in [0.25, 0.3) is 0 Å². The zero-order chi connectivity index (χ0) is 14.8. The van der Waals surface area contributed by atoms with Crippen molar-refractivity contribution >= 4 is 0 Å². The fraction of sp³-hybridized carbons (Fsp3) is 1.00. The molecule has 21 heavy (non-hydrogen) atoms. The van der Waals surface area contributed by atoms with Gasteiger partial charge in [0.1, 0.15) is 0 Å². The van der Waals surface area contributed by atoms with Crippen LogP contribution in [0, 0.1) is 11.8 Å². The van der Waals surface area contributed by atoms with Crippen LogP contribution in [-0.2, 0) is 0 Å². The number of hydrogen-bond donors (Lipinski definition) is 2. The monoisotopic (exact) mass is 294 g/mol. The topological polar surface area (TPSA) is 35.5 Å². The molecule has 3 aliphatic rings. The maximum atomic E-state index is 9.98. The maximum Gasteiger partial charge on any atom is 0.0570 e. The van der Waals surface area contributed by atoms with Crippen LogP contribution in [0.15, 0.2) is 0 Å². The minimum Gasteiger partial charge on any atom is -0.393 e. The van der Waals surface area contributed by atoms with E-state index in [1.807, 2.05) is 0 Å². The summed E-state index contributed by atoms with van der Waals surface area (Å²) in [6.45, 7) is 7.13. The molecule has 0 aromatic carbocycles. The van der Waals surface area contributed by atoms with E-state index in [9.17, 15) is 5.11 Å². The Hall–Kier alpha value is -0.120. The fourth-order valence-electron chi connectivity index (χ4n) is 5.11. The van der Waals surface area contributed by atoms with Gasteiger partial charge < -0.3 is 10.4 Å². The highest BCUT2D eigenvalue weighted by atomic mass is 16.3. The first-order valence-electron chi connectivity index (χ1n) is 9.34. The van der Waals surface area contributed by atoms with Gasteiger partial charge in [-0.2, -0.15) is 0 Å². The molecule has 0 amide bonds. The predicted octanol–water partition coefficient (Wildman–Crippen LogP) is 2.78. The second kappa shape index (κ2) is 6.97. The molecule has 3 fully saturated rings. The third-order valence-electron chi connectivity index (χ3n) is 6.21. The summed E-state index contributed by atoms with van der Waals surface area (Å²) >= 11 is 0. The van der Waals surface area contributed by atoms with Gasteiger partial charge in [0.25, 0.3) is 0 Å². The van der Waals surface area contributed by atoms with E-state index in [1.165, 1.54) is 51.6 Å². The van der Waals surface area contributed by atoms with Crippen LogP contribution in [0.5, 0.6) is 0 Å². The van der Waals surface area contributed by atoms with Gasteiger partial charge in [-0.15, -0.1) is 0 Å². The molecular weight excluding hydrogens is 260 g/mol. The van der Waals surface area contributed by atoms with E-state index < -0.39 is 0 Å². The number of rotatable bonds is 5. The Morgan fingerprint density at radius 1 is 1.05 bits per heavy atom. The number of nitrogens with zero attached hydrogens (tertiary/aromatic N) is 1. The molecule has 5 atom stereocenters. The lowest BCUT2D eigenvalue weighted by Gasteiger charge is -2.43. The number of fused-ring (bicyclic) bond motifs is 2. The van der Waals surface area contributed by atoms with Gasteiger partial charge in [0, 0.05) is 24.7 Å². The number of nitrogens with one attached hydrogen (secondary N) is 1. The molecular formula is C18H34N2O. The van der Waals surface area contributed by atoms with Crippen LogP contribution in [-0.4, -0.2) is 47.3 Å². The Morgan fingerprint density at radius 2 is 1.76 bits per heavy atom. The standard InChI is InChI=1S/C18H34N2O/c1-3-8-19-18-7-4-13(2)9-14(18)12-20-15-5-6-16(20)11-17(21)10-15/h13-19,21H,3-12H2,1-2H3. The molecule has 3 rings (SSSR count). The molecule has 2 saturated heterocycles. The molecule has 0 spiro atoms. The molecule has 2 bridgehead atoms. The average molecular weight is 294 g/mol. The summed E-state index contributed by atoms with van der Waals surface area (Å²) in [6, 6.07) is 2.07. The van der Waals surface area contributed by atoms with Crippen molar-refractivity contribution in [1.29, 1.82) is 0 Å². The molecule has 2 aliphatic heterocycles. The van der Waals surface area contributed by atoms with E-state index in [4.69, 9.17) is 0 Å². The Labute approximate surface area is 130 Å². The predicted molar refractivity (Wildman–Crippen MR) is 87.3 cm³/mol. The van der Waals surface area contributed by atoms with E-state index in [1.54, 1.807) is 0 Å². The lowest BCUT2D eigenvalue weighted by Crippen LogP contribution is -2.51. The molecule has 1 saturated carbocycles. The molecule has 2 heterocycles. The molecule has 1 aliphatic carbocycles. The SMILES string of the molecule is CCCNC1CCC(C)CC1CN1C2CCC1CC(O)C2. The summed E-state index contributed by atoms with van der Waals surface area (Å²) < 4.78 is 0. The molecule has 3 heteroatoms. The van der Waals surface area contributed by atoms with E-state index in [-0.39, 0.29) is 6.10 Å². The van der Waals surface area contributed by atoms with Crippen molar-refractivity contribution in [2.75, 3.05) is 13.1 Å². The highest BCUT2D eigenvalue weighted by Crippen LogP contribution is 2.38. The summed E-state index contributed by atoms with van der Waals surface area (Å²) in [5, 5.41) is 13.8. The molecule has 5 unspecified atom stereocenters. The van der Waals surface area contributed by atoms with Crippen LogP contribution in [0.1, 0.15) is 65.2 Å². The van der Waals surface area contributed by atoms with Crippen molar-refractivity contribution in [3.05, 3.63) is 0 Å². The van der Waals surface area contributed by atoms with E-state index in [0.717, 1.165) is 30.7 Å². The van der Waals surface area contributed by atoms with Crippen molar-refractivity contribution in [3.8, 4) is 0 Å². The van der Waals surface area contributed by atoms with Crippen LogP contribution in [0.3, 0.4) is 0 Å². The first-order chi connectivity index (χ1) is 10.2. The highest BCUT2D eigenvalue weighted by molar-refractivity contribution is 4.97. The number of aliphatic hydroxyl groups excluding tert-OH is 1. The van der Waals surface area contributed by atoms with Crippen LogP contribution < -0.4 is 5.32 Å². The third-order valence-corrected chi connectivity index (χ3v) is 6.21. The number of aliphatic hydroxyl groups is 1. The van der Waals surface area contributed by atoms with Gasteiger partial charge in [-0.1, -0.05) is 13.8 Å². The zero-order valence-electron chi connectivity index (χ0n) is 13.9. The van der Waals surface area contributed by atoms with Gasteiger partial charge in [-0.3, -0.25) is 4.90 Å². The normalized spacial score (nSPS) is 44.1. The maximum absolute atomic E-state index is 9.98. The zero-order valence-corrected chi connectivity index (χ0v) is 13.9. The van der Waals surface area contributed by atoms with Crippen LogP contribution >= 0.6 is 0 Å². The minimum absolute atomic E-state index is 0.0296.